The smallest absolute Gasteiger partial charge is 0.407 e. The van der Waals surface area contributed by atoms with Crippen molar-refractivity contribution in [2.45, 2.75) is 25.5 Å². The fraction of sp³-hybridized carbons (Fsp3) is 0.480. The van der Waals surface area contributed by atoms with Crippen LogP contribution in [0.1, 0.15) is 18.4 Å². The number of piperazine rings is 1. The molecule has 2 saturated heterocycles. The highest BCUT2D eigenvalue weighted by atomic mass is 19.1. The van der Waals surface area contributed by atoms with Gasteiger partial charge in [0.05, 0.1) is 0 Å². The van der Waals surface area contributed by atoms with E-state index in [1.807, 2.05) is 30.3 Å². The number of nitrogens with zero attached hydrogens (tertiary/aromatic N) is 2. The van der Waals surface area contributed by atoms with Crippen LogP contribution in [-0.4, -0.2) is 69.5 Å². The normalized spacial score (nSPS) is 17.4. The summed E-state index contributed by atoms with van der Waals surface area (Å²) < 4.78 is 40.0. The summed E-state index contributed by atoms with van der Waals surface area (Å²) in [7, 11) is 0. The summed E-state index contributed by atoms with van der Waals surface area (Å²) in [5, 5.41) is 6.10. The number of nitrogens with one attached hydrogen (secondary N) is 2. The maximum atomic E-state index is 14.5. The standard InChI is InChI=1S/C25H32F2N4O3/c26-22-16-21(17-23(27)24(22)31-12-8-28-9-13-31)33-15-14-30-10-6-20(7-11-30)29-25(32)34-18-19-4-2-1-3-5-19/h1-5,16-17,20,28H,6-15,18H2,(H,29,32). The molecule has 0 aromatic heterocycles. The number of anilines is 1. The number of hydrogen-bond donors (Lipinski definition) is 2. The minimum atomic E-state index is -0.595. The Balaban J connectivity index is 1.15. The number of carbonyl (C=O) groups is 1. The van der Waals surface area contributed by atoms with Crippen LogP contribution >= 0.6 is 0 Å². The zero-order valence-corrected chi connectivity index (χ0v) is 19.3. The molecule has 2 aliphatic heterocycles. The van der Waals surface area contributed by atoms with Crippen LogP contribution < -0.4 is 20.3 Å². The Morgan fingerprint density at radius 3 is 2.38 bits per heavy atom. The van der Waals surface area contributed by atoms with Gasteiger partial charge in [-0.25, -0.2) is 13.6 Å². The van der Waals surface area contributed by atoms with Gasteiger partial charge in [0.1, 0.15) is 24.7 Å². The van der Waals surface area contributed by atoms with E-state index >= 15 is 0 Å². The number of hydrogen-bond acceptors (Lipinski definition) is 6. The summed E-state index contributed by atoms with van der Waals surface area (Å²) in [6.07, 6.45) is 1.21. The number of ether oxygens (including phenoxy) is 2. The van der Waals surface area contributed by atoms with E-state index in [2.05, 4.69) is 15.5 Å². The molecule has 2 heterocycles. The molecule has 0 saturated carbocycles. The van der Waals surface area contributed by atoms with Crippen molar-refractivity contribution in [1.29, 1.82) is 0 Å². The first-order valence-electron chi connectivity index (χ1n) is 11.9. The predicted molar refractivity (Wildman–Crippen MR) is 126 cm³/mol. The molecule has 9 heteroatoms. The first-order chi connectivity index (χ1) is 16.6. The molecule has 2 aliphatic rings. The average molecular weight is 475 g/mol. The lowest BCUT2D eigenvalue weighted by atomic mass is 10.1. The van der Waals surface area contributed by atoms with E-state index in [9.17, 15) is 13.6 Å². The van der Waals surface area contributed by atoms with Crippen molar-refractivity contribution in [3.63, 3.8) is 0 Å². The van der Waals surface area contributed by atoms with Gasteiger partial charge in [0.25, 0.3) is 0 Å². The number of likely N-dealkylation sites (tertiary alicyclic amines) is 1. The first kappa shape index (κ1) is 24.2. The molecular formula is C25H32F2N4O3. The fourth-order valence-electron chi connectivity index (χ4n) is 4.34. The van der Waals surface area contributed by atoms with Crippen LogP contribution in [0.5, 0.6) is 5.75 Å². The molecule has 2 aromatic carbocycles. The number of carbonyl (C=O) groups excluding carboxylic acids is 1. The van der Waals surface area contributed by atoms with Gasteiger partial charge in [-0.05, 0) is 18.4 Å². The Labute approximate surface area is 199 Å². The van der Waals surface area contributed by atoms with Crippen molar-refractivity contribution in [1.82, 2.24) is 15.5 Å². The lowest BCUT2D eigenvalue weighted by Crippen LogP contribution is -2.45. The molecule has 184 valence electrons. The van der Waals surface area contributed by atoms with Gasteiger partial charge in [-0.3, -0.25) is 4.90 Å². The van der Waals surface area contributed by atoms with Crippen LogP contribution in [0.25, 0.3) is 0 Å². The third kappa shape index (κ3) is 6.80. The zero-order chi connectivity index (χ0) is 23.8. The Bertz CT molecular complexity index is 910. The van der Waals surface area contributed by atoms with E-state index in [0.717, 1.165) is 31.5 Å². The summed E-state index contributed by atoms with van der Waals surface area (Å²) >= 11 is 0. The molecule has 0 radical (unpaired) electrons. The van der Waals surface area contributed by atoms with E-state index in [4.69, 9.17) is 9.47 Å². The van der Waals surface area contributed by atoms with Crippen LogP contribution in [0.4, 0.5) is 19.3 Å². The van der Waals surface area contributed by atoms with Gasteiger partial charge in [0.2, 0.25) is 0 Å². The summed E-state index contributed by atoms with van der Waals surface area (Å²) in [6, 6.07) is 12.2. The van der Waals surface area contributed by atoms with E-state index in [1.54, 1.807) is 4.90 Å². The number of alkyl carbamates (subject to hydrolysis) is 1. The minimum absolute atomic E-state index is 0.0192. The summed E-state index contributed by atoms with van der Waals surface area (Å²) in [4.78, 5) is 16.0. The third-order valence-corrected chi connectivity index (χ3v) is 6.22. The van der Waals surface area contributed by atoms with E-state index < -0.39 is 17.7 Å². The fourth-order valence-corrected chi connectivity index (χ4v) is 4.34. The largest absolute Gasteiger partial charge is 0.492 e. The van der Waals surface area contributed by atoms with Crippen molar-refractivity contribution in [3.05, 3.63) is 59.7 Å². The maximum absolute atomic E-state index is 14.5. The van der Waals surface area contributed by atoms with Gasteiger partial charge in [0, 0.05) is 64.0 Å². The Kier molecular flexibility index (Phi) is 8.54. The highest BCUT2D eigenvalue weighted by molar-refractivity contribution is 5.67. The van der Waals surface area contributed by atoms with Gasteiger partial charge >= 0.3 is 6.09 Å². The number of halogens is 2. The van der Waals surface area contributed by atoms with E-state index in [-0.39, 0.29) is 24.1 Å². The molecule has 0 aliphatic carbocycles. The Morgan fingerprint density at radius 1 is 1.03 bits per heavy atom. The lowest BCUT2D eigenvalue weighted by molar-refractivity contribution is 0.123. The third-order valence-electron chi connectivity index (χ3n) is 6.22. The Hall–Kier alpha value is -2.91. The van der Waals surface area contributed by atoms with Gasteiger partial charge in [0.15, 0.2) is 11.6 Å². The Morgan fingerprint density at radius 2 is 1.71 bits per heavy atom. The SMILES string of the molecule is O=C(NC1CCN(CCOc2cc(F)c(N3CCNCC3)c(F)c2)CC1)OCc1ccccc1. The molecule has 1 amide bonds. The molecule has 34 heavy (non-hydrogen) atoms. The molecule has 0 atom stereocenters. The quantitative estimate of drug-likeness (QED) is 0.613. The second kappa shape index (κ2) is 12.0. The van der Waals surface area contributed by atoms with Crippen LogP contribution in [0.15, 0.2) is 42.5 Å². The van der Waals surface area contributed by atoms with Gasteiger partial charge in [-0.15, -0.1) is 0 Å². The molecule has 2 aromatic rings. The predicted octanol–water partition coefficient (Wildman–Crippen LogP) is 3.14. The van der Waals surface area contributed by atoms with Crippen molar-refractivity contribution in [2.24, 2.45) is 0 Å². The molecule has 2 fully saturated rings. The number of rotatable bonds is 8. The number of benzene rings is 2. The van der Waals surface area contributed by atoms with Crippen LogP contribution in [-0.2, 0) is 11.3 Å². The first-order valence-corrected chi connectivity index (χ1v) is 11.9. The topological polar surface area (TPSA) is 66.1 Å². The second-order valence-corrected chi connectivity index (χ2v) is 8.64. The highest BCUT2D eigenvalue weighted by Crippen LogP contribution is 2.28. The average Bonchev–Trinajstić information content (AvgIpc) is 2.85. The lowest BCUT2D eigenvalue weighted by Gasteiger charge is -2.32. The number of piperidine rings is 1. The summed E-state index contributed by atoms with van der Waals surface area (Å²) in [5.41, 5.74) is 0.969. The molecule has 2 N–H and O–H groups in total. The monoisotopic (exact) mass is 474 g/mol. The van der Waals surface area contributed by atoms with E-state index in [0.29, 0.717) is 39.3 Å². The van der Waals surface area contributed by atoms with Gasteiger partial charge in [-0.1, -0.05) is 30.3 Å². The molecular weight excluding hydrogens is 442 g/mol. The van der Waals surface area contributed by atoms with Crippen LogP contribution in [0, 0.1) is 11.6 Å². The van der Waals surface area contributed by atoms with Crippen LogP contribution in [0.2, 0.25) is 0 Å². The van der Waals surface area contributed by atoms with Gasteiger partial charge < -0.3 is 25.0 Å². The molecule has 4 rings (SSSR count). The van der Waals surface area contributed by atoms with Crippen molar-refractivity contribution < 1.29 is 23.0 Å². The van der Waals surface area contributed by atoms with Crippen molar-refractivity contribution in [2.75, 3.05) is 57.3 Å². The van der Waals surface area contributed by atoms with Crippen molar-refractivity contribution in [3.8, 4) is 5.75 Å². The van der Waals surface area contributed by atoms with Crippen LogP contribution in [0.3, 0.4) is 0 Å². The summed E-state index contributed by atoms with van der Waals surface area (Å²) in [6.45, 7) is 5.40. The molecule has 0 bridgehead atoms. The number of amides is 1. The van der Waals surface area contributed by atoms with Gasteiger partial charge in [-0.2, -0.15) is 0 Å². The highest BCUT2D eigenvalue weighted by Gasteiger charge is 2.22. The zero-order valence-electron chi connectivity index (χ0n) is 19.3. The molecule has 0 unspecified atom stereocenters. The molecule has 0 spiro atoms. The second-order valence-electron chi connectivity index (χ2n) is 8.64. The maximum Gasteiger partial charge on any atom is 0.407 e. The minimum Gasteiger partial charge on any atom is -0.492 e. The summed E-state index contributed by atoms with van der Waals surface area (Å²) in [5.74, 6) is -0.988. The van der Waals surface area contributed by atoms with Crippen molar-refractivity contribution >= 4 is 11.8 Å². The van der Waals surface area contributed by atoms with E-state index in [1.165, 1.54) is 12.1 Å². The molecule has 7 nitrogen and oxygen atoms in total.